The molecule has 0 saturated carbocycles. The quantitative estimate of drug-likeness (QED) is 0.815. The van der Waals surface area contributed by atoms with Crippen molar-refractivity contribution in [2.45, 2.75) is 39.0 Å². The molecule has 2 aliphatic rings. The second kappa shape index (κ2) is 5.98. The van der Waals surface area contributed by atoms with E-state index in [0.717, 1.165) is 6.42 Å². The smallest absolute Gasteiger partial charge is 0.347 e. The SMILES string of the molecule is CCCN1C(=N)c2ccc(OC)cc2C1C1=C(O)OC(C)(C)OC1=O. The Hall–Kier alpha value is -2.70. The lowest BCUT2D eigenvalue weighted by Gasteiger charge is -2.35. The molecule has 0 saturated heterocycles. The van der Waals surface area contributed by atoms with Gasteiger partial charge in [-0.2, -0.15) is 0 Å². The van der Waals surface area contributed by atoms with Gasteiger partial charge < -0.3 is 24.2 Å². The van der Waals surface area contributed by atoms with E-state index in [2.05, 4.69) is 0 Å². The molecule has 2 aliphatic heterocycles. The largest absolute Gasteiger partial charge is 0.497 e. The molecular weight excluding hydrogens is 324 g/mol. The van der Waals surface area contributed by atoms with Gasteiger partial charge in [-0.1, -0.05) is 6.92 Å². The molecule has 1 aromatic rings. The number of nitrogens with zero attached hydrogens (tertiary/aromatic N) is 1. The van der Waals surface area contributed by atoms with Crippen LogP contribution in [-0.2, 0) is 14.3 Å². The Balaban J connectivity index is 2.16. The summed E-state index contributed by atoms with van der Waals surface area (Å²) in [6, 6.07) is 4.68. The predicted molar refractivity (Wildman–Crippen MR) is 90.5 cm³/mol. The van der Waals surface area contributed by atoms with Gasteiger partial charge in [-0.15, -0.1) is 0 Å². The third kappa shape index (κ3) is 2.79. The van der Waals surface area contributed by atoms with Crippen molar-refractivity contribution in [1.29, 1.82) is 5.41 Å². The predicted octanol–water partition coefficient (Wildman–Crippen LogP) is 2.87. The number of hydrogen-bond acceptors (Lipinski definition) is 6. The van der Waals surface area contributed by atoms with Gasteiger partial charge in [-0.25, -0.2) is 4.79 Å². The summed E-state index contributed by atoms with van der Waals surface area (Å²) in [5.41, 5.74) is 1.40. The molecule has 0 aliphatic carbocycles. The van der Waals surface area contributed by atoms with Gasteiger partial charge in [0.05, 0.1) is 13.2 Å². The van der Waals surface area contributed by atoms with E-state index in [4.69, 9.17) is 19.6 Å². The maximum absolute atomic E-state index is 12.6. The second-order valence-electron chi connectivity index (χ2n) is 6.51. The van der Waals surface area contributed by atoms with E-state index in [1.54, 1.807) is 44.1 Å². The first-order valence-corrected chi connectivity index (χ1v) is 8.18. The van der Waals surface area contributed by atoms with Gasteiger partial charge in [-0.3, -0.25) is 5.41 Å². The summed E-state index contributed by atoms with van der Waals surface area (Å²) >= 11 is 0. The van der Waals surface area contributed by atoms with Crippen LogP contribution < -0.4 is 4.74 Å². The maximum atomic E-state index is 12.6. The monoisotopic (exact) mass is 346 g/mol. The molecule has 134 valence electrons. The fourth-order valence-corrected chi connectivity index (χ4v) is 3.26. The molecule has 2 N–H and O–H groups in total. The van der Waals surface area contributed by atoms with Gasteiger partial charge in [0, 0.05) is 26.0 Å². The van der Waals surface area contributed by atoms with Gasteiger partial charge in [0.1, 0.15) is 17.2 Å². The van der Waals surface area contributed by atoms with Crippen LogP contribution in [0.5, 0.6) is 5.75 Å². The van der Waals surface area contributed by atoms with Crippen LogP contribution >= 0.6 is 0 Å². The second-order valence-corrected chi connectivity index (χ2v) is 6.51. The van der Waals surface area contributed by atoms with Crippen molar-refractivity contribution in [3.8, 4) is 5.75 Å². The van der Waals surface area contributed by atoms with E-state index in [0.29, 0.717) is 29.3 Å². The Kier molecular flexibility index (Phi) is 4.10. The number of methoxy groups -OCH3 is 1. The molecule has 0 aromatic heterocycles. The third-order valence-electron chi connectivity index (χ3n) is 4.28. The highest BCUT2D eigenvalue weighted by atomic mass is 16.8. The number of benzene rings is 1. The maximum Gasteiger partial charge on any atom is 0.347 e. The summed E-state index contributed by atoms with van der Waals surface area (Å²) in [6.45, 7) is 5.64. The Morgan fingerprint density at radius 3 is 2.68 bits per heavy atom. The molecule has 0 spiro atoms. The van der Waals surface area contributed by atoms with Crippen LogP contribution in [0.15, 0.2) is 29.7 Å². The van der Waals surface area contributed by atoms with Gasteiger partial charge in [0.25, 0.3) is 11.7 Å². The lowest BCUT2D eigenvalue weighted by molar-refractivity contribution is -0.223. The molecular formula is C18H22N2O5. The number of nitrogens with one attached hydrogen (secondary N) is 1. The Morgan fingerprint density at radius 1 is 1.36 bits per heavy atom. The highest BCUT2D eigenvalue weighted by Gasteiger charge is 2.46. The zero-order valence-corrected chi connectivity index (χ0v) is 14.8. The Morgan fingerprint density at radius 2 is 2.08 bits per heavy atom. The van der Waals surface area contributed by atoms with E-state index in [9.17, 15) is 9.90 Å². The van der Waals surface area contributed by atoms with Crippen molar-refractivity contribution in [2.24, 2.45) is 0 Å². The first-order valence-electron chi connectivity index (χ1n) is 8.18. The number of ether oxygens (including phenoxy) is 3. The van der Waals surface area contributed by atoms with Crippen LogP contribution in [0, 0.1) is 5.41 Å². The van der Waals surface area contributed by atoms with Crippen LogP contribution in [0.25, 0.3) is 0 Å². The van der Waals surface area contributed by atoms with Crippen LogP contribution in [0.4, 0.5) is 0 Å². The standard InChI is InChI=1S/C18H22N2O5/c1-5-8-20-14(13-16(21)24-18(2,3)25-17(13)22)12-9-10(23-4)6-7-11(12)15(20)19/h6-7,9,14,19,21H,5,8H2,1-4H3. The van der Waals surface area contributed by atoms with E-state index in [1.165, 1.54) is 0 Å². The van der Waals surface area contributed by atoms with E-state index in [1.807, 2.05) is 6.92 Å². The van der Waals surface area contributed by atoms with Gasteiger partial charge >= 0.3 is 5.97 Å². The molecule has 0 bridgehead atoms. The van der Waals surface area contributed by atoms with Gasteiger partial charge in [0.15, 0.2) is 0 Å². The van der Waals surface area contributed by atoms with E-state index < -0.39 is 23.7 Å². The summed E-state index contributed by atoms with van der Waals surface area (Å²) < 4.78 is 15.9. The third-order valence-corrected chi connectivity index (χ3v) is 4.28. The number of esters is 1. The summed E-state index contributed by atoms with van der Waals surface area (Å²) in [4.78, 5) is 14.3. The lowest BCUT2D eigenvalue weighted by Crippen LogP contribution is -2.41. The summed E-state index contributed by atoms with van der Waals surface area (Å²) in [6.07, 6.45) is 0.777. The molecule has 3 rings (SSSR count). The van der Waals surface area contributed by atoms with E-state index in [-0.39, 0.29) is 5.57 Å². The average Bonchev–Trinajstić information content (AvgIpc) is 2.79. The van der Waals surface area contributed by atoms with Gasteiger partial charge in [-0.05, 0) is 30.2 Å². The Bertz CT molecular complexity index is 769. The minimum Gasteiger partial charge on any atom is -0.497 e. The van der Waals surface area contributed by atoms with Crippen LogP contribution in [-0.4, -0.2) is 41.3 Å². The number of carbonyl (C=O) groups is 1. The number of aliphatic hydroxyl groups excluding tert-OH is 1. The zero-order valence-electron chi connectivity index (χ0n) is 14.8. The number of amidine groups is 1. The molecule has 7 nitrogen and oxygen atoms in total. The molecule has 25 heavy (non-hydrogen) atoms. The fraction of sp³-hybridized carbons (Fsp3) is 0.444. The molecule has 1 atom stereocenters. The summed E-state index contributed by atoms with van der Waals surface area (Å²) in [7, 11) is 1.55. The average molecular weight is 346 g/mol. The molecule has 0 fully saturated rings. The topological polar surface area (TPSA) is 92.1 Å². The molecule has 0 amide bonds. The molecule has 1 aromatic carbocycles. The van der Waals surface area contributed by atoms with Crippen molar-refractivity contribution in [3.63, 3.8) is 0 Å². The van der Waals surface area contributed by atoms with Gasteiger partial charge in [0.2, 0.25) is 0 Å². The number of rotatable bonds is 4. The first kappa shape index (κ1) is 17.1. The first-order chi connectivity index (χ1) is 11.8. The number of aliphatic hydroxyl groups is 1. The molecule has 0 radical (unpaired) electrons. The molecule has 7 heteroatoms. The van der Waals surface area contributed by atoms with Crippen molar-refractivity contribution in [1.82, 2.24) is 4.90 Å². The minimum absolute atomic E-state index is 0.00419. The molecule has 2 heterocycles. The van der Waals surface area contributed by atoms with Crippen LogP contribution in [0.3, 0.4) is 0 Å². The number of fused-ring (bicyclic) bond motifs is 1. The number of hydrogen-bond donors (Lipinski definition) is 2. The number of cyclic esters (lactones) is 1. The van der Waals surface area contributed by atoms with Crippen molar-refractivity contribution < 1.29 is 24.1 Å². The van der Waals surface area contributed by atoms with Crippen molar-refractivity contribution >= 4 is 11.8 Å². The minimum atomic E-state index is -1.23. The van der Waals surface area contributed by atoms with Crippen molar-refractivity contribution in [2.75, 3.05) is 13.7 Å². The van der Waals surface area contributed by atoms with Crippen LogP contribution in [0.2, 0.25) is 0 Å². The highest BCUT2D eigenvalue weighted by molar-refractivity contribution is 6.04. The Labute approximate surface area is 146 Å². The van der Waals surface area contributed by atoms with Crippen molar-refractivity contribution in [3.05, 3.63) is 40.8 Å². The summed E-state index contributed by atoms with van der Waals surface area (Å²) in [5.74, 6) is -1.44. The fourth-order valence-electron chi connectivity index (χ4n) is 3.26. The van der Waals surface area contributed by atoms with E-state index >= 15 is 0 Å². The normalized spacial score (nSPS) is 21.8. The van der Waals surface area contributed by atoms with Crippen LogP contribution in [0.1, 0.15) is 44.4 Å². The highest BCUT2D eigenvalue weighted by Crippen LogP contribution is 2.43. The summed E-state index contributed by atoms with van der Waals surface area (Å²) in [5, 5.41) is 18.9. The number of carbonyl (C=O) groups excluding carboxylic acids is 1. The lowest BCUT2D eigenvalue weighted by atomic mass is 9.97. The molecule has 1 unspecified atom stereocenters. The zero-order chi connectivity index (χ0) is 18.4.